The molecule has 1 aromatic carbocycles. The number of halogens is 3. The van der Waals surface area contributed by atoms with Gasteiger partial charge in [-0.15, -0.1) is 13.2 Å². The van der Waals surface area contributed by atoms with Crippen LogP contribution in [0.4, 0.5) is 19.0 Å². The van der Waals surface area contributed by atoms with Crippen molar-refractivity contribution in [2.24, 2.45) is 5.92 Å². The summed E-state index contributed by atoms with van der Waals surface area (Å²) < 4.78 is 41.0. The van der Waals surface area contributed by atoms with Gasteiger partial charge in [0.1, 0.15) is 5.75 Å². The van der Waals surface area contributed by atoms with Gasteiger partial charge in [-0.25, -0.2) is 4.98 Å². The number of hydrogen-bond acceptors (Lipinski definition) is 3. The highest BCUT2D eigenvalue weighted by Crippen LogP contribution is 2.34. The van der Waals surface area contributed by atoms with Gasteiger partial charge in [-0.2, -0.15) is 0 Å². The molecule has 1 amide bonds. The topological polar surface area (TPSA) is 67.0 Å². The van der Waals surface area contributed by atoms with Crippen molar-refractivity contribution >= 4 is 33.5 Å². The molecule has 0 bridgehead atoms. The van der Waals surface area contributed by atoms with Crippen LogP contribution in [0.15, 0.2) is 30.5 Å². The van der Waals surface area contributed by atoms with Crippen LogP contribution in [0.1, 0.15) is 12.8 Å². The minimum atomic E-state index is -4.75. The van der Waals surface area contributed by atoms with Gasteiger partial charge in [0, 0.05) is 29.0 Å². The van der Waals surface area contributed by atoms with E-state index >= 15 is 0 Å². The summed E-state index contributed by atoms with van der Waals surface area (Å²) in [4.78, 5) is 19.1. The summed E-state index contributed by atoms with van der Waals surface area (Å²) >= 11 is 0. The summed E-state index contributed by atoms with van der Waals surface area (Å²) in [6, 6.07) is 5.81. The molecule has 2 N–H and O–H groups in total. The lowest BCUT2D eigenvalue weighted by Gasteiger charge is -2.08. The number of amides is 1. The standard InChI is InChI=1S/C16H12F3N3O2/c17-16(18,19)24-9-3-4-10-11-5-6-20-14(13(11)21-12(10)7-9)22-15(23)8-1-2-8/h3-8,21H,1-2H2,(H,20,22,23). The molecule has 8 heteroatoms. The van der Waals surface area contributed by atoms with Crippen molar-refractivity contribution in [1.82, 2.24) is 9.97 Å². The second-order valence-corrected chi connectivity index (χ2v) is 5.73. The number of aromatic amines is 1. The van der Waals surface area contributed by atoms with Gasteiger partial charge in [-0.3, -0.25) is 4.79 Å². The molecule has 0 unspecified atom stereocenters. The number of pyridine rings is 1. The van der Waals surface area contributed by atoms with Gasteiger partial charge in [-0.05, 0) is 31.0 Å². The van der Waals surface area contributed by atoms with E-state index in [0.717, 1.165) is 23.6 Å². The fourth-order valence-electron chi connectivity index (χ4n) is 2.67. The van der Waals surface area contributed by atoms with E-state index in [-0.39, 0.29) is 17.6 Å². The maximum absolute atomic E-state index is 12.3. The van der Waals surface area contributed by atoms with Crippen LogP contribution in [-0.4, -0.2) is 22.2 Å². The van der Waals surface area contributed by atoms with Crippen LogP contribution in [-0.2, 0) is 4.79 Å². The smallest absolute Gasteiger partial charge is 0.406 e. The molecule has 1 aliphatic rings. The Balaban J connectivity index is 1.77. The molecule has 2 heterocycles. The Morgan fingerprint density at radius 3 is 2.75 bits per heavy atom. The highest BCUT2D eigenvalue weighted by molar-refractivity contribution is 6.12. The molecule has 3 aromatic rings. The van der Waals surface area contributed by atoms with Gasteiger partial charge in [0.15, 0.2) is 5.82 Å². The molecule has 2 aromatic heterocycles. The summed E-state index contributed by atoms with van der Waals surface area (Å²) in [7, 11) is 0. The third-order valence-electron chi connectivity index (χ3n) is 3.92. The second-order valence-electron chi connectivity index (χ2n) is 5.73. The predicted molar refractivity (Wildman–Crippen MR) is 81.6 cm³/mol. The second kappa shape index (κ2) is 5.12. The van der Waals surface area contributed by atoms with Crippen molar-refractivity contribution in [2.45, 2.75) is 19.2 Å². The van der Waals surface area contributed by atoms with Crippen molar-refractivity contribution in [3.63, 3.8) is 0 Å². The first-order chi connectivity index (χ1) is 11.4. The predicted octanol–water partition coefficient (Wildman–Crippen LogP) is 3.96. The van der Waals surface area contributed by atoms with Crippen molar-refractivity contribution in [2.75, 3.05) is 5.32 Å². The Morgan fingerprint density at radius 2 is 2.04 bits per heavy atom. The number of rotatable bonds is 3. The van der Waals surface area contributed by atoms with Crippen LogP contribution in [0.3, 0.4) is 0 Å². The molecule has 0 saturated heterocycles. The number of fused-ring (bicyclic) bond motifs is 3. The Labute approximate surface area is 133 Å². The van der Waals surface area contributed by atoms with E-state index in [9.17, 15) is 18.0 Å². The number of benzene rings is 1. The van der Waals surface area contributed by atoms with Crippen LogP contribution < -0.4 is 10.1 Å². The first kappa shape index (κ1) is 14.8. The quantitative estimate of drug-likeness (QED) is 0.761. The lowest BCUT2D eigenvalue weighted by Crippen LogP contribution is -2.16. The molecule has 5 nitrogen and oxygen atoms in total. The highest BCUT2D eigenvalue weighted by atomic mass is 19.4. The summed E-state index contributed by atoms with van der Waals surface area (Å²) in [5.74, 6) is 0.00458. The average molecular weight is 335 g/mol. The number of carbonyl (C=O) groups is 1. The number of hydrogen-bond donors (Lipinski definition) is 2. The molecule has 1 fully saturated rings. The van der Waals surface area contributed by atoms with Crippen molar-refractivity contribution in [3.8, 4) is 5.75 Å². The summed E-state index contributed by atoms with van der Waals surface area (Å²) in [5, 5.41) is 4.26. The van der Waals surface area contributed by atoms with Crippen molar-refractivity contribution < 1.29 is 22.7 Å². The fourth-order valence-corrected chi connectivity index (χ4v) is 2.67. The third kappa shape index (κ3) is 2.75. The van der Waals surface area contributed by atoms with Crippen molar-refractivity contribution in [3.05, 3.63) is 30.5 Å². The Morgan fingerprint density at radius 1 is 1.25 bits per heavy atom. The van der Waals surface area contributed by atoms with Gasteiger partial charge < -0.3 is 15.0 Å². The molecule has 0 radical (unpaired) electrons. The zero-order valence-corrected chi connectivity index (χ0v) is 12.3. The first-order valence-electron chi connectivity index (χ1n) is 7.38. The van der Waals surface area contributed by atoms with E-state index in [1.807, 2.05) is 0 Å². The van der Waals surface area contributed by atoms with Crippen molar-refractivity contribution in [1.29, 1.82) is 0 Å². The van der Waals surface area contributed by atoms with E-state index in [1.165, 1.54) is 12.1 Å². The number of carbonyl (C=O) groups excluding carboxylic acids is 1. The summed E-state index contributed by atoms with van der Waals surface area (Å²) in [5.41, 5.74) is 1.05. The zero-order valence-electron chi connectivity index (χ0n) is 12.3. The van der Waals surface area contributed by atoms with Gasteiger partial charge in [0.05, 0.1) is 11.0 Å². The number of anilines is 1. The van der Waals surface area contributed by atoms with E-state index in [0.29, 0.717) is 16.9 Å². The van der Waals surface area contributed by atoms with E-state index < -0.39 is 6.36 Å². The van der Waals surface area contributed by atoms with E-state index in [2.05, 4.69) is 20.0 Å². The van der Waals surface area contributed by atoms with E-state index in [1.54, 1.807) is 18.3 Å². The SMILES string of the molecule is O=C(Nc1nccc2c1[nH]c1cc(OC(F)(F)F)ccc12)C1CC1. The number of nitrogens with zero attached hydrogens (tertiary/aromatic N) is 1. The zero-order chi connectivity index (χ0) is 16.9. The first-order valence-corrected chi connectivity index (χ1v) is 7.38. The normalized spacial score (nSPS) is 15.0. The van der Waals surface area contributed by atoms with Gasteiger partial charge in [-0.1, -0.05) is 0 Å². The monoisotopic (exact) mass is 335 g/mol. The number of alkyl halides is 3. The number of aromatic nitrogens is 2. The molecule has 24 heavy (non-hydrogen) atoms. The Hall–Kier alpha value is -2.77. The molecule has 124 valence electrons. The lowest BCUT2D eigenvalue weighted by molar-refractivity contribution is -0.274. The molecule has 1 saturated carbocycles. The number of H-pyrrole nitrogens is 1. The fraction of sp³-hybridized carbons (Fsp3) is 0.250. The van der Waals surface area contributed by atoms with Gasteiger partial charge in [0.2, 0.25) is 5.91 Å². The number of nitrogens with one attached hydrogen (secondary N) is 2. The Kier molecular flexibility index (Phi) is 3.16. The Bertz CT molecular complexity index is 945. The highest BCUT2D eigenvalue weighted by Gasteiger charge is 2.31. The van der Waals surface area contributed by atoms with Crippen LogP contribution in [0, 0.1) is 5.92 Å². The van der Waals surface area contributed by atoms with Crippen LogP contribution in [0.5, 0.6) is 5.75 Å². The van der Waals surface area contributed by atoms with Gasteiger partial charge in [0.25, 0.3) is 0 Å². The molecular formula is C16H12F3N3O2. The molecule has 4 rings (SSSR count). The summed E-state index contributed by atoms with van der Waals surface area (Å²) in [6.45, 7) is 0. The van der Waals surface area contributed by atoms with Crippen LogP contribution in [0.2, 0.25) is 0 Å². The average Bonchev–Trinajstić information content (AvgIpc) is 3.27. The lowest BCUT2D eigenvalue weighted by atomic mass is 10.2. The largest absolute Gasteiger partial charge is 0.573 e. The maximum Gasteiger partial charge on any atom is 0.573 e. The summed E-state index contributed by atoms with van der Waals surface area (Å²) in [6.07, 6.45) is -1.46. The maximum atomic E-state index is 12.3. The minimum Gasteiger partial charge on any atom is -0.406 e. The molecule has 0 atom stereocenters. The minimum absolute atomic E-state index is 0.0261. The van der Waals surface area contributed by atoms with Crippen LogP contribution >= 0.6 is 0 Å². The van der Waals surface area contributed by atoms with Gasteiger partial charge >= 0.3 is 6.36 Å². The molecular weight excluding hydrogens is 323 g/mol. The van der Waals surface area contributed by atoms with E-state index in [4.69, 9.17) is 0 Å². The number of ether oxygens (including phenoxy) is 1. The third-order valence-corrected chi connectivity index (χ3v) is 3.92. The van der Waals surface area contributed by atoms with Crippen LogP contribution in [0.25, 0.3) is 21.8 Å². The molecule has 0 aliphatic heterocycles. The molecule has 0 spiro atoms. The molecule has 1 aliphatic carbocycles.